The molecule has 16 atom stereocenters. The Morgan fingerprint density at radius 2 is 1.58 bits per heavy atom. The minimum absolute atomic E-state index is 0.0165. The number of ketones is 1. The van der Waals surface area contributed by atoms with E-state index in [1.807, 2.05) is 40.8 Å². The van der Waals surface area contributed by atoms with Crippen molar-refractivity contribution < 1.29 is 105 Å². The molecule has 23 heteroatoms. The second kappa shape index (κ2) is 17.6. The molecule has 7 aliphatic heterocycles. The monoisotopic (exact) mass is 1060 g/mol. The van der Waals surface area contributed by atoms with Gasteiger partial charge in [0.05, 0.1) is 36.9 Å². The Balaban J connectivity index is 1.14. The van der Waals surface area contributed by atoms with E-state index in [0.717, 1.165) is 0 Å². The van der Waals surface area contributed by atoms with Crippen molar-refractivity contribution in [2.75, 3.05) is 27.9 Å². The number of hydrogen-bond donors (Lipinski definition) is 2. The number of methoxy groups -OCH3 is 3. The first-order chi connectivity index (χ1) is 34.6. The van der Waals surface area contributed by atoms with E-state index in [9.17, 15) is 24.6 Å². The van der Waals surface area contributed by atoms with Crippen LogP contribution in [0.1, 0.15) is 121 Å². The number of hydrogen-bond acceptors (Lipinski definition) is 22. The fourth-order valence-electron chi connectivity index (χ4n) is 12.5. The summed E-state index contributed by atoms with van der Waals surface area (Å²) in [4.78, 5) is 52.8. The summed E-state index contributed by atoms with van der Waals surface area (Å²) in [5.41, 5.74) is -3.71. The number of phenolic OH excluding ortho intramolecular Hbond substituents is 1. The molecule has 0 saturated carbocycles. The number of phenols is 1. The van der Waals surface area contributed by atoms with Gasteiger partial charge in [0, 0.05) is 63.8 Å². The van der Waals surface area contributed by atoms with Crippen molar-refractivity contribution in [3.63, 3.8) is 0 Å². The molecule has 0 radical (unpaired) electrons. The molecule has 2 aromatic rings. The van der Waals surface area contributed by atoms with E-state index in [-0.39, 0.29) is 58.9 Å². The number of Topliss-reactive ketones (excluding diaryl/α,β-unsaturated/α-hetero) is 1. The van der Waals surface area contributed by atoms with Crippen molar-refractivity contribution in [3.05, 3.63) is 28.3 Å². The lowest BCUT2D eigenvalue weighted by atomic mass is 9.77. The summed E-state index contributed by atoms with van der Waals surface area (Å²) in [6.07, 6.45) is -14.1. The Kier molecular flexibility index (Phi) is 12.7. The minimum atomic E-state index is -2.73. The smallest absolute Gasteiger partial charge is 0.506 e. The zero-order valence-electron chi connectivity index (χ0n) is 44.4. The predicted molar refractivity (Wildman–Crippen MR) is 254 cm³/mol. The fraction of sp³-hybridized carbons (Fsp3) is 0.725. The number of aromatic hydroxyl groups is 1. The molecule has 2 N–H and O–H groups in total. The highest BCUT2D eigenvalue weighted by molar-refractivity contribution is 6.74. The molecule has 408 valence electrons. The minimum Gasteiger partial charge on any atom is -0.506 e. The van der Waals surface area contributed by atoms with Crippen molar-refractivity contribution in [2.45, 2.75) is 209 Å². The molecule has 74 heavy (non-hydrogen) atoms. The lowest BCUT2D eigenvalue weighted by Crippen LogP contribution is -2.72. The van der Waals surface area contributed by atoms with Crippen molar-refractivity contribution in [1.29, 1.82) is 0 Å². The topological polar surface area (TPSA) is 260 Å². The van der Waals surface area contributed by atoms with Gasteiger partial charge < -0.3 is 85.7 Å². The van der Waals surface area contributed by atoms with Crippen LogP contribution >= 0.6 is 0 Å². The van der Waals surface area contributed by atoms with Crippen molar-refractivity contribution in [3.8, 4) is 17.2 Å². The summed E-state index contributed by atoms with van der Waals surface area (Å²) >= 11 is 0. The van der Waals surface area contributed by atoms with E-state index in [0.29, 0.717) is 16.5 Å². The summed E-state index contributed by atoms with van der Waals surface area (Å²) in [6, 6.07) is 1.79. The zero-order valence-corrected chi connectivity index (χ0v) is 45.4. The number of fused-ring (bicyclic) bond motifs is 8. The average Bonchev–Trinajstić information content (AvgIpc) is 3.87. The quantitative estimate of drug-likeness (QED) is 0.0845. The number of carbonyl (C=O) groups is 4. The normalized spacial score (nSPS) is 39.9. The van der Waals surface area contributed by atoms with Gasteiger partial charge in [-0.2, -0.15) is 0 Å². The number of esters is 2. The van der Waals surface area contributed by atoms with Gasteiger partial charge in [-0.1, -0.05) is 20.8 Å². The summed E-state index contributed by atoms with van der Waals surface area (Å²) in [5.74, 6) is -5.91. The number of epoxide rings is 1. The Morgan fingerprint density at radius 3 is 2.15 bits per heavy atom. The van der Waals surface area contributed by atoms with Gasteiger partial charge >= 0.3 is 18.1 Å². The van der Waals surface area contributed by atoms with Crippen LogP contribution in [0, 0.1) is 6.92 Å². The molecule has 7 heterocycles. The van der Waals surface area contributed by atoms with Gasteiger partial charge in [0.2, 0.25) is 17.5 Å². The highest BCUT2D eigenvalue weighted by Crippen LogP contribution is 2.73. The van der Waals surface area contributed by atoms with Crippen LogP contribution in [0.4, 0.5) is 4.79 Å². The van der Waals surface area contributed by atoms with Crippen LogP contribution in [0.3, 0.4) is 0 Å². The first-order valence-corrected chi connectivity index (χ1v) is 27.9. The number of carbonyl (C=O) groups excluding carboxylic acids is 4. The van der Waals surface area contributed by atoms with E-state index in [1.54, 1.807) is 26.8 Å². The second-order valence-corrected chi connectivity index (χ2v) is 27.3. The first-order valence-electron chi connectivity index (χ1n) is 25.0. The van der Waals surface area contributed by atoms with Gasteiger partial charge in [-0.15, -0.1) is 0 Å². The highest BCUT2D eigenvalue weighted by atomic mass is 28.4. The van der Waals surface area contributed by atoms with Crippen LogP contribution in [0.25, 0.3) is 10.8 Å². The third kappa shape index (κ3) is 7.49. The molecule has 6 saturated heterocycles. The standard InChI is InChI=1S/C51H68O22Si/c1-21-16-27-34(38(55)36-35(39(27)58-11)28(17-29(37(36)54)73-74(14,15)46(7,8)9)67-32-19-47(10,57)42(22(2)62-32)66-26(6)53)40-33(21)41-43-50(69-40,48(20-61-48)51(70-41,71-43)44(59-12)60-13)68-31-18-30(65-25(5)52)49(23(3)63-31)24(4)64-45(56)72-49/h16,22-24,28-32,41-44,55,57H,17-20H2,1-15H3/t22-,23-,24-,28-,29-,30+,31-,32-,41?,42+,43?,47+,48-,49-,50+,51?/m0/s1. The average molecular weight is 1060 g/mol. The highest BCUT2D eigenvalue weighted by Gasteiger charge is 2.94. The second-order valence-electron chi connectivity index (χ2n) is 22.5. The Morgan fingerprint density at radius 1 is 0.905 bits per heavy atom. The van der Waals surface area contributed by atoms with Crippen LogP contribution in [0.2, 0.25) is 18.1 Å². The van der Waals surface area contributed by atoms with Gasteiger partial charge in [0.1, 0.15) is 47.3 Å². The van der Waals surface area contributed by atoms with Crippen LogP contribution in [-0.2, 0) is 75.6 Å². The summed E-state index contributed by atoms with van der Waals surface area (Å²) in [5, 5.41) is 24.8. The van der Waals surface area contributed by atoms with Gasteiger partial charge in [-0.3, -0.25) is 14.4 Å². The van der Waals surface area contributed by atoms with Gasteiger partial charge in [0.25, 0.3) is 11.6 Å². The molecule has 10 rings (SSSR count). The molecule has 0 amide bonds. The van der Waals surface area contributed by atoms with Gasteiger partial charge in [-0.25, -0.2) is 4.79 Å². The number of rotatable bonds is 12. The van der Waals surface area contributed by atoms with Crippen LogP contribution in [0.15, 0.2) is 6.07 Å². The molecule has 2 spiro atoms. The maximum absolute atomic E-state index is 15.3. The molecular weight excluding hydrogens is 993 g/mol. The number of benzene rings is 2. The Bertz CT molecular complexity index is 2660. The predicted octanol–water partition coefficient (Wildman–Crippen LogP) is 5.73. The maximum atomic E-state index is 15.3. The third-order valence-electron chi connectivity index (χ3n) is 16.9. The molecule has 1 aliphatic carbocycles. The number of aryl methyl sites for hydroxylation is 1. The molecule has 22 nitrogen and oxygen atoms in total. The van der Waals surface area contributed by atoms with Crippen LogP contribution in [0.5, 0.6) is 17.2 Å². The van der Waals surface area contributed by atoms with E-state index in [4.69, 9.17) is 75.5 Å². The Labute approximate surface area is 429 Å². The van der Waals surface area contributed by atoms with Gasteiger partial charge in [0.15, 0.2) is 45.0 Å². The molecule has 2 aromatic carbocycles. The Hall–Kier alpha value is -4.24. The molecule has 6 fully saturated rings. The van der Waals surface area contributed by atoms with Crippen molar-refractivity contribution in [2.24, 2.45) is 0 Å². The van der Waals surface area contributed by atoms with Crippen LogP contribution in [-0.4, -0.2) is 160 Å². The number of cyclic esters (lactones) is 1. The van der Waals surface area contributed by atoms with E-state index < -0.39 is 140 Å². The molecule has 3 unspecified atom stereocenters. The fourth-order valence-corrected chi connectivity index (χ4v) is 13.7. The summed E-state index contributed by atoms with van der Waals surface area (Å²) in [7, 11) is 1.55. The SMILES string of the molecule is COc1c2c(c(O)c3c4c(c(C)cc13)C1OC3(C(OC)OC)OC1[C@@](O[C@H]1C[C@@H](OC(C)=O)[C@]5(OC(=O)O[C@H]5C)[C@H](C)O1)(O4)[C@@]31CO1)C(=O)[C@@H](O[Si](C)(C)C(C)(C)C)C[C@@H]2O[C@H]1C[C@@](C)(O)[C@H](OC(C)=O)[C@H](C)O1. The zero-order chi connectivity index (χ0) is 53.8. The van der Waals surface area contributed by atoms with Crippen molar-refractivity contribution in [1.82, 2.24) is 0 Å². The van der Waals surface area contributed by atoms with Crippen LogP contribution < -0.4 is 9.47 Å². The maximum Gasteiger partial charge on any atom is 0.509 e. The first kappa shape index (κ1) is 53.2. The van der Waals surface area contributed by atoms with Gasteiger partial charge in [-0.05, 0) is 64.4 Å². The van der Waals surface area contributed by atoms with E-state index in [2.05, 4.69) is 0 Å². The summed E-state index contributed by atoms with van der Waals surface area (Å²) < 4.78 is 102. The van der Waals surface area contributed by atoms with E-state index in [1.165, 1.54) is 42.1 Å². The lowest BCUT2D eigenvalue weighted by Gasteiger charge is -2.52. The van der Waals surface area contributed by atoms with E-state index >= 15 is 4.79 Å². The lowest BCUT2D eigenvalue weighted by molar-refractivity contribution is -0.387. The number of aliphatic hydroxyl groups is 1. The molecule has 8 aliphatic rings. The molecule has 0 aromatic heterocycles. The third-order valence-corrected chi connectivity index (χ3v) is 21.3. The number of ether oxygens (including phenoxy) is 15. The largest absolute Gasteiger partial charge is 0.509 e. The summed E-state index contributed by atoms with van der Waals surface area (Å²) in [6.45, 7) is 20.9. The van der Waals surface area contributed by atoms with Crippen molar-refractivity contribution >= 4 is 43.0 Å². The molecular formula is C51H68O22Si. The molecule has 2 bridgehead atoms.